The second-order valence-electron chi connectivity index (χ2n) is 7.39. The molecule has 0 atom stereocenters. The highest BCUT2D eigenvalue weighted by atomic mass is 79.9. The van der Waals surface area contributed by atoms with Crippen LogP contribution in [-0.2, 0) is 11.3 Å². The van der Waals surface area contributed by atoms with E-state index in [9.17, 15) is 4.79 Å². The second kappa shape index (κ2) is 9.49. The average Bonchev–Trinajstić information content (AvgIpc) is 3.11. The van der Waals surface area contributed by atoms with Crippen molar-refractivity contribution in [2.45, 2.75) is 20.4 Å². The molecule has 0 saturated heterocycles. The van der Waals surface area contributed by atoms with Gasteiger partial charge in [0.15, 0.2) is 0 Å². The zero-order valence-corrected chi connectivity index (χ0v) is 19.9. The number of hydrogen-bond acceptors (Lipinski definition) is 4. The van der Waals surface area contributed by atoms with Crippen molar-refractivity contribution in [3.05, 3.63) is 88.0 Å². The average molecular weight is 493 g/mol. The van der Waals surface area contributed by atoms with Crippen LogP contribution in [0.25, 0.3) is 16.6 Å². The third-order valence-electron chi connectivity index (χ3n) is 5.41. The number of fused-ring (bicyclic) bond motifs is 1. The summed E-state index contributed by atoms with van der Waals surface area (Å²) in [5.74, 6) is 0.312. The minimum atomic E-state index is -0.348. The number of anilines is 1. The molecule has 0 aliphatic heterocycles. The third kappa shape index (κ3) is 4.10. The van der Waals surface area contributed by atoms with Gasteiger partial charge in [0.1, 0.15) is 5.75 Å². The molecule has 4 rings (SSSR count). The van der Waals surface area contributed by atoms with Gasteiger partial charge in [-0.2, -0.15) is 0 Å². The van der Waals surface area contributed by atoms with Gasteiger partial charge in [-0.15, -0.1) is 0 Å². The SMILES string of the molecule is CCOC(=O)c1c(CNc2ccccc2)n(-c2ccccc2C)c2cc(Br)c(OC)cc12. The van der Waals surface area contributed by atoms with Crippen molar-refractivity contribution in [3.8, 4) is 11.4 Å². The molecule has 3 aromatic carbocycles. The molecule has 32 heavy (non-hydrogen) atoms. The number of carbonyl (C=O) groups is 1. The van der Waals surface area contributed by atoms with E-state index in [1.165, 1.54) is 0 Å². The largest absolute Gasteiger partial charge is 0.496 e. The maximum absolute atomic E-state index is 13.2. The number of hydrogen-bond donors (Lipinski definition) is 1. The van der Waals surface area contributed by atoms with Gasteiger partial charge in [0, 0.05) is 16.8 Å². The summed E-state index contributed by atoms with van der Waals surface area (Å²) in [5.41, 5.74) is 5.36. The van der Waals surface area contributed by atoms with E-state index >= 15 is 0 Å². The lowest BCUT2D eigenvalue weighted by Crippen LogP contribution is -2.13. The smallest absolute Gasteiger partial charge is 0.340 e. The Kier molecular flexibility index (Phi) is 6.51. The van der Waals surface area contributed by atoms with Gasteiger partial charge < -0.3 is 19.4 Å². The first-order valence-corrected chi connectivity index (χ1v) is 11.3. The molecule has 0 aliphatic carbocycles. The number of carbonyl (C=O) groups excluding carboxylic acids is 1. The number of esters is 1. The van der Waals surface area contributed by atoms with Crippen LogP contribution in [0.15, 0.2) is 71.2 Å². The first kappa shape index (κ1) is 22.0. The Morgan fingerprint density at radius 2 is 1.78 bits per heavy atom. The van der Waals surface area contributed by atoms with Gasteiger partial charge in [0.2, 0.25) is 0 Å². The Bertz CT molecular complexity index is 1270. The van der Waals surface area contributed by atoms with Crippen molar-refractivity contribution in [1.82, 2.24) is 4.57 Å². The van der Waals surface area contributed by atoms with E-state index in [1.54, 1.807) is 7.11 Å². The van der Waals surface area contributed by atoms with Gasteiger partial charge >= 0.3 is 5.97 Å². The van der Waals surface area contributed by atoms with Crippen molar-refractivity contribution in [1.29, 1.82) is 0 Å². The lowest BCUT2D eigenvalue weighted by Gasteiger charge is -2.16. The van der Waals surface area contributed by atoms with Gasteiger partial charge in [0.05, 0.1) is 41.5 Å². The number of nitrogens with zero attached hydrogens (tertiary/aromatic N) is 1. The van der Waals surface area contributed by atoms with Gasteiger partial charge in [-0.25, -0.2) is 4.79 Å². The Morgan fingerprint density at radius 3 is 2.47 bits per heavy atom. The lowest BCUT2D eigenvalue weighted by molar-refractivity contribution is 0.0527. The molecule has 0 spiro atoms. The van der Waals surface area contributed by atoms with Crippen molar-refractivity contribution >= 4 is 38.5 Å². The number of rotatable bonds is 7. The van der Waals surface area contributed by atoms with Crippen molar-refractivity contribution < 1.29 is 14.3 Å². The molecule has 1 aromatic heterocycles. The molecule has 1 N–H and O–H groups in total. The molecule has 5 nitrogen and oxygen atoms in total. The molecule has 0 fully saturated rings. The van der Waals surface area contributed by atoms with E-state index < -0.39 is 0 Å². The number of benzene rings is 3. The molecule has 0 saturated carbocycles. The maximum Gasteiger partial charge on any atom is 0.340 e. The molecule has 164 valence electrons. The molecule has 0 unspecified atom stereocenters. The predicted molar refractivity (Wildman–Crippen MR) is 132 cm³/mol. The van der Waals surface area contributed by atoms with E-state index in [0.29, 0.717) is 24.5 Å². The molecule has 0 bridgehead atoms. The molecular formula is C26H25BrN2O3. The molecular weight excluding hydrogens is 468 g/mol. The topological polar surface area (TPSA) is 52.5 Å². The van der Waals surface area contributed by atoms with Crippen LogP contribution in [0, 0.1) is 6.92 Å². The summed E-state index contributed by atoms with van der Waals surface area (Å²) in [6.45, 7) is 4.63. The van der Waals surface area contributed by atoms with Gasteiger partial charge in [-0.05, 0) is 65.7 Å². The zero-order valence-electron chi connectivity index (χ0n) is 18.3. The Morgan fingerprint density at radius 1 is 1.06 bits per heavy atom. The standard InChI is InChI=1S/C26H25BrN2O3/c1-4-32-26(30)25-19-14-24(31-3)20(27)15-22(19)29(21-13-9-8-10-17(21)2)23(25)16-28-18-11-6-5-7-12-18/h5-15,28H,4,16H2,1-3H3. The van der Waals surface area contributed by atoms with Crippen molar-refractivity contribution in [2.75, 3.05) is 19.0 Å². The second-order valence-corrected chi connectivity index (χ2v) is 8.24. The molecule has 1 heterocycles. The third-order valence-corrected chi connectivity index (χ3v) is 6.03. The number of methoxy groups -OCH3 is 1. The fourth-order valence-electron chi connectivity index (χ4n) is 3.93. The Hall–Kier alpha value is -3.25. The Labute approximate surface area is 196 Å². The normalized spacial score (nSPS) is 10.9. The lowest BCUT2D eigenvalue weighted by atomic mass is 10.1. The number of para-hydroxylation sites is 2. The fourth-order valence-corrected chi connectivity index (χ4v) is 4.42. The van der Waals surface area contributed by atoms with Crippen LogP contribution in [0.4, 0.5) is 5.69 Å². The summed E-state index contributed by atoms with van der Waals surface area (Å²) in [7, 11) is 1.62. The number of aromatic nitrogens is 1. The monoisotopic (exact) mass is 492 g/mol. The van der Waals surface area contributed by atoms with E-state index in [4.69, 9.17) is 9.47 Å². The van der Waals surface area contributed by atoms with Gasteiger partial charge in [-0.3, -0.25) is 0 Å². The molecule has 4 aromatic rings. The van der Waals surface area contributed by atoms with Crippen LogP contribution in [0.2, 0.25) is 0 Å². The first-order chi connectivity index (χ1) is 15.5. The van der Waals surface area contributed by atoms with E-state index in [0.717, 1.165) is 38.0 Å². The number of halogens is 1. The highest BCUT2D eigenvalue weighted by Gasteiger charge is 2.26. The Balaban J connectivity index is 2.01. The highest BCUT2D eigenvalue weighted by Crippen LogP contribution is 2.38. The van der Waals surface area contributed by atoms with Crippen LogP contribution in [0.1, 0.15) is 28.5 Å². The summed E-state index contributed by atoms with van der Waals surface area (Å²) >= 11 is 3.61. The van der Waals surface area contributed by atoms with Crippen LogP contribution >= 0.6 is 15.9 Å². The van der Waals surface area contributed by atoms with Gasteiger partial charge in [0.25, 0.3) is 0 Å². The zero-order chi connectivity index (χ0) is 22.7. The van der Waals surface area contributed by atoms with Crippen LogP contribution < -0.4 is 10.1 Å². The van der Waals surface area contributed by atoms with Gasteiger partial charge in [-0.1, -0.05) is 36.4 Å². The summed E-state index contributed by atoms with van der Waals surface area (Å²) in [6.07, 6.45) is 0. The molecule has 0 amide bonds. The number of nitrogens with one attached hydrogen (secondary N) is 1. The molecule has 6 heteroatoms. The van der Waals surface area contributed by atoms with E-state index in [1.807, 2.05) is 61.5 Å². The first-order valence-electron chi connectivity index (χ1n) is 10.5. The summed E-state index contributed by atoms with van der Waals surface area (Å²) in [5, 5.41) is 4.25. The summed E-state index contributed by atoms with van der Waals surface area (Å²) in [6, 6.07) is 22.0. The number of ether oxygens (including phenoxy) is 2. The van der Waals surface area contributed by atoms with Crippen LogP contribution in [0.3, 0.4) is 0 Å². The van der Waals surface area contributed by atoms with E-state index in [-0.39, 0.29) is 5.97 Å². The number of aryl methyl sites for hydroxylation is 1. The maximum atomic E-state index is 13.2. The summed E-state index contributed by atoms with van der Waals surface area (Å²) in [4.78, 5) is 13.2. The molecule has 0 radical (unpaired) electrons. The fraction of sp³-hybridized carbons (Fsp3) is 0.192. The van der Waals surface area contributed by atoms with E-state index in [2.05, 4.69) is 44.9 Å². The quantitative estimate of drug-likeness (QED) is 0.299. The highest BCUT2D eigenvalue weighted by molar-refractivity contribution is 9.10. The predicted octanol–water partition coefficient (Wildman–Crippen LogP) is 6.50. The van der Waals surface area contributed by atoms with Crippen LogP contribution in [0.5, 0.6) is 5.75 Å². The van der Waals surface area contributed by atoms with Crippen molar-refractivity contribution in [2.24, 2.45) is 0 Å². The minimum Gasteiger partial charge on any atom is -0.496 e. The summed E-state index contributed by atoms with van der Waals surface area (Å²) < 4.78 is 14.0. The van der Waals surface area contributed by atoms with Crippen LogP contribution in [-0.4, -0.2) is 24.3 Å². The minimum absolute atomic E-state index is 0.301. The molecule has 0 aliphatic rings. The van der Waals surface area contributed by atoms with Crippen molar-refractivity contribution in [3.63, 3.8) is 0 Å².